The minimum atomic E-state index is -0.466. The van der Waals surface area contributed by atoms with Gasteiger partial charge in [0.15, 0.2) is 5.65 Å². The van der Waals surface area contributed by atoms with Gasteiger partial charge in [0.05, 0.1) is 5.56 Å². The molecule has 0 aliphatic carbocycles. The van der Waals surface area contributed by atoms with E-state index in [4.69, 9.17) is 0 Å². The van der Waals surface area contributed by atoms with Gasteiger partial charge in [-0.2, -0.15) is 0 Å². The van der Waals surface area contributed by atoms with Crippen molar-refractivity contribution in [2.24, 2.45) is 0 Å². The predicted molar refractivity (Wildman–Crippen MR) is 105 cm³/mol. The van der Waals surface area contributed by atoms with Crippen molar-refractivity contribution in [3.8, 4) is 0 Å². The summed E-state index contributed by atoms with van der Waals surface area (Å²) in [6.07, 6.45) is 2.24. The third-order valence-electron chi connectivity index (χ3n) is 4.45. The standard InChI is InChI=1S/C20H23N5O3/c1-3-14(2)22-18(26)13-25-20(28)24-12-16(9-10-17(24)23-25)19(27)21-11-15-7-5-4-6-8-15/h4-10,12,14H,3,11,13H2,1-2H3,(H,21,27)(H,22,26)/t14-/m0/s1. The van der Waals surface area contributed by atoms with Crippen LogP contribution in [0.4, 0.5) is 0 Å². The van der Waals surface area contributed by atoms with Gasteiger partial charge in [-0.15, -0.1) is 5.10 Å². The molecular weight excluding hydrogens is 358 g/mol. The number of benzene rings is 1. The highest BCUT2D eigenvalue weighted by molar-refractivity contribution is 5.94. The highest BCUT2D eigenvalue weighted by Crippen LogP contribution is 2.04. The summed E-state index contributed by atoms with van der Waals surface area (Å²) in [6.45, 7) is 4.08. The number of nitrogens with zero attached hydrogens (tertiary/aromatic N) is 3. The molecule has 1 atom stereocenters. The van der Waals surface area contributed by atoms with Crippen LogP contribution in [0.25, 0.3) is 5.65 Å². The zero-order valence-corrected chi connectivity index (χ0v) is 15.9. The fourth-order valence-corrected chi connectivity index (χ4v) is 2.69. The summed E-state index contributed by atoms with van der Waals surface area (Å²) >= 11 is 0. The number of nitrogens with one attached hydrogen (secondary N) is 2. The van der Waals surface area contributed by atoms with Crippen LogP contribution in [0.2, 0.25) is 0 Å². The summed E-state index contributed by atoms with van der Waals surface area (Å²) in [5.41, 5.74) is 1.23. The molecule has 8 nitrogen and oxygen atoms in total. The Balaban J connectivity index is 1.74. The summed E-state index contributed by atoms with van der Waals surface area (Å²) in [4.78, 5) is 36.9. The second kappa shape index (κ2) is 8.51. The van der Waals surface area contributed by atoms with Gasteiger partial charge >= 0.3 is 5.69 Å². The number of pyridine rings is 1. The van der Waals surface area contributed by atoms with Gasteiger partial charge < -0.3 is 10.6 Å². The Labute approximate surface area is 162 Å². The summed E-state index contributed by atoms with van der Waals surface area (Å²) in [7, 11) is 0. The molecule has 1 aromatic carbocycles. The third kappa shape index (κ3) is 4.46. The van der Waals surface area contributed by atoms with Crippen LogP contribution < -0.4 is 16.3 Å². The Morgan fingerprint density at radius 2 is 1.89 bits per heavy atom. The van der Waals surface area contributed by atoms with E-state index < -0.39 is 5.69 Å². The Morgan fingerprint density at radius 3 is 2.61 bits per heavy atom. The number of hydrogen-bond donors (Lipinski definition) is 2. The molecule has 0 bridgehead atoms. The lowest BCUT2D eigenvalue weighted by molar-refractivity contribution is -0.122. The molecule has 2 amide bonds. The van der Waals surface area contributed by atoms with Crippen molar-refractivity contribution in [1.29, 1.82) is 0 Å². The van der Waals surface area contributed by atoms with E-state index in [0.717, 1.165) is 16.7 Å². The summed E-state index contributed by atoms with van der Waals surface area (Å²) < 4.78 is 2.37. The van der Waals surface area contributed by atoms with Crippen molar-refractivity contribution in [2.45, 2.75) is 39.4 Å². The third-order valence-corrected chi connectivity index (χ3v) is 4.45. The highest BCUT2D eigenvalue weighted by atomic mass is 16.2. The van der Waals surface area contributed by atoms with E-state index >= 15 is 0 Å². The molecule has 28 heavy (non-hydrogen) atoms. The molecule has 2 N–H and O–H groups in total. The van der Waals surface area contributed by atoms with Gasteiger partial charge in [0.1, 0.15) is 6.54 Å². The van der Waals surface area contributed by atoms with Crippen LogP contribution in [-0.4, -0.2) is 32.0 Å². The van der Waals surface area contributed by atoms with Gasteiger partial charge in [-0.3, -0.25) is 9.59 Å². The zero-order valence-electron chi connectivity index (χ0n) is 15.9. The number of amides is 2. The van der Waals surface area contributed by atoms with Crippen molar-refractivity contribution < 1.29 is 9.59 Å². The van der Waals surface area contributed by atoms with E-state index in [2.05, 4.69) is 15.7 Å². The van der Waals surface area contributed by atoms with E-state index in [1.807, 2.05) is 44.2 Å². The molecule has 2 aromatic heterocycles. The van der Waals surface area contributed by atoms with Gasteiger partial charge in [-0.05, 0) is 31.0 Å². The Hall–Kier alpha value is -3.42. The maximum Gasteiger partial charge on any atom is 0.350 e. The molecule has 0 radical (unpaired) electrons. The van der Waals surface area contributed by atoms with Gasteiger partial charge in [-0.1, -0.05) is 37.3 Å². The topological polar surface area (TPSA) is 97.5 Å². The Kier molecular flexibility index (Phi) is 5.88. The lowest BCUT2D eigenvalue weighted by Crippen LogP contribution is -2.37. The molecule has 2 heterocycles. The van der Waals surface area contributed by atoms with Gasteiger partial charge in [0, 0.05) is 18.8 Å². The first-order valence-electron chi connectivity index (χ1n) is 9.18. The van der Waals surface area contributed by atoms with E-state index in [-0.39, 0.29) is 24.4 Å². The number of aromatic nitrogens is 3. The quantitative estimate of drug-likeness (QED) is 0.645. The van der Waals surface area contributed by atoms with Crippen molar-refractivity contribution in [3.63, 3.8) is 0 Å². The number of hydrogen-bond acceptors (Lipinski definition) is 4. The predicted octanol–water partition coefficient (Wildman–Crippen LogP) is 1.34. The first kappa shape index (κ1) is 19.3. The Morgan fingerprint density at radius 1 is 1.14 bits per heavy atom. The summed E-state index contributed by atoms with van der Waals surface area (Å²) in [5.74, 6) is -0.569. The van der Waals surface area contributed by atoms with Crippen molar-refractivity contribution >= 4 is 17.5 Å². The number of fused-ring (bicyclic) bond motifs is 1. The minimum Gasteiger partial charge on any atom is -0.352 e. The fourth-order valence-electron chi connectivity index (χ4n) is 2.69. The lowest BCUT2D eigenvalue weighted by atomic mass is 10.2. The van der Waals surface area contributed by atoms with Crippen LogP contribution in [0.1, 0.15) is 36.2 Å². The minimum absolute atomic E-state index is 0.0279. The normalized spacial score (nSPS) is 11.9. The monoisotopic (exact) mass is 381 g/mol. The smallest absolute Gasteiger partial charge is 0.350 e. The first-order valence-corrected chi connectivity index (χ1v) is 9.18. The largest absolute Gasteiger partial charge is 0.352 e. The second-order valence-electron chi connectivity index (χ2n) is 6.63. The zero-order chi connectivity index (χ0) is 20.1. The number of carbonyl (C=O) groups is 2. The maximum absolute atomic E-state index is 12.5. The molecule has 0 aliphatic rings. The van der Waals surface area contributed by atoms with E-state index in [0.29, 0.717) is 17.8 Å². The lowest BCUT2D eigenvalue weighted by Gasteiger charge is -2.10. The van der Waals surface area contributed by atoms with Crippen LogP contribution in [0.5, 0.6) is 0 Å². The first-order chi connectivity index (χ1) is 13.5. The van der Waals surface area contributed by atoms with Crippen molar-refractivity contribution in [2.75, 3.05) is 0 Å². The molecule has 0 spiro atoms. The molecule has 0 unspecified atom stereocenters. The fraction of sp³-hybridized carbons (Fsp3) is 0.300. The van der Waals surface area contributed by atoms with Crippen LogP contribution in [0.3, 0.4) is 0 Å². The SMILES string of the molecule is CC[C@H](C)NC(=O)Cn1nc2ccc(C(=O)NCc3ccccc3)cn2c1=O. The number of rotatable bonds is 7. The summed E-state index contributed by atoms with van der Waals surface area (Å²) in [5, 5.41) is 9.77. The van der Waals surface area contributed by atoms with E-state index in [9.17, 15) is 14.4 Å². The molecule has 3 rings (SSSR count). The molecular formula is C20H23N5O3. The molecule has 0 fully saturated rings. The van der Waals surface area contributed by atoms with Gasteiger partial charge in [0.2, 0.25) is 5.91 Å². The van der Waals surface area contributed by atoms with Crippen LogP contribution in [0.15, 0.2) is 53.5 Å². The summed E-state index contributed by atoms with van der Waals surface area (Å²) in [6, 6.07) is 12.8. The molecule has 0 saturated heterocycles. The average molecular weight is 381 g/mol. The van der Waals surface area contributed by atoms with Crippen LogP contribution in [-0.2, 0) is 17.9 Å². The molecule has 0 saturated carbocycles. The van der Waals surface area contributed by atoms with E-state index in [1.165, 1.54) is 10.6 Å². The maximum atomic E-state index is 12.5. The molecule has 8 heteroatoms. The molecule has 3 aromatic rings. The average Bonchev–Trinajstić information content (AvgIpc) is 3.01. The van der Waals surface area contributed by atoms with Crippen LogP contribution in [0, 0.1) is 0 Å². The van der Waals surface area contributed by atoms with Crippen molar-refractivity contribution in [3.05, 3.63) is 70.3 Å². The highest BCUT2D eigenvalue weighted by Gasteiger charge is 2.14. The molecule has 0 aliphatic heterocycles. The second-order valence-corrected chi connectivity index (χ2v) is 6.63. The van der Waals surface area contributed by atoms with Crippen molar-refractivity contribution in [1.82, 2.24) is 24.8 Å². The van der Waals surface area contributed by atoms with Gasteiger partial charge in [0.25, 0.3) is 5.91 Å². The van der Waals surface area contributed by atoms with E-state index in [1.54, 1.807) is 12.1 Å². The van der Waals surface area contributed by atoms with Gasteiger partial charge in [-0.25, -0.2) is 13.9 Å². The Bertz CT molecular complexity index is 1040. The molecule has 146 valence electrons. The number of carbonyl (C=O) groups excluding carboxylic acids is 2. The van der Waals surface area contributed by atoms with Crippen LogP contribution >= 0.6 is 0 Å².